The van der Waals surface area contributed by atoms with Gasteiger partial charge < -0.3 is 11.1 Å². The predicted molar refractivity (Wildman–Crippen MR) is 121 cm³/mol. The number of halogens is 4. The molecule has 8 nitrogen and oxygen atoms in total. The summed E-state index contributed by atoms with van der Waals surface area (Å²) in [7, 11) is 0. The first-order chi connectivity index (χ1) is 15.4. The second-order valence-corrected chi connectivity index (χ2v) is 9.12. The van der Waals surface area contributed by atoms with Crippen molar-refractivity contribution in [3.63, 3.8) is 0 Å². The van der Waals surface area contributed by atoms with Crippen molar-refractivity contribution in [1.82, 2.24) is 15.2 Å². The molecule has 33 heavy (non-hydrogen) atoms. The smallest absolute Gasteiger partial charge is 0.372 e. The second-order valence-electron chi connectivity index (χ2n) is 7.71. The van der Waals surface area contributed by atoms with Gasteiger partial charge in [0.1, 0.15) is 5.54 Å². The van der Waals surface area contributed by atoms with E-state index in [1.165, 1.54) is 18.3 Å². The molecule has 4 rings (SSSR count). The average Bonchev–Trinajstić information content (AvgIpc) is 3.33. The van der Waals surface area contributed by atoms with Crippen LogP contribution in [-0.4, -0.2) is 32.5 Å². The van der Waals surface area contributed by atoms with Crippen LogP contribution in [-0.2, 0) is 11.0 Å². The van der Waals surface area contributed by atoms with Crippen molar-refractivity contribution in [2.24, 2.45) is 5.73 Å². The van der Waals surface area contributed by atoms with Crippen molar-refractivity contribution in [1.29, 1.82) is 0 Å². The summed E-state index contributed by atoms with van der Waals surface area (Å²) in [6.45, 7) is 3.12. The molecule has 5 N–H and O–H groups in total. The normalized spacial score (nSPS) is 12.3. The lowest BCUT2D eigenvalue weighted by molar-refractivity contribution is -0.136. The van der Waals surface area contributed by atoms with Gasteiger partial charge in [-0.1, -0.05) is 22.9 Å². The van der Waals surface area contributed by atoms with E-state index in [9.17, 15) is 22.8 Å². The minimum Gasteiger partial charge on any atom is -0.372 e. The lowest BCUT2D eigenvalue weighted by Crippen LogP contribution is -2.44. The number of benzene rings is 2. The molecule has 0 saturated heterocycles. The number of thiazole rings is 1. The van der Waals surface area contributed by atoms with Gasteiger partial charge in [0.2, 0.25) is 5.91 Å². The Morgan fingerprint density at radius 3 is 2.61 bits per heavy atom. The Balaban J connectivity index is 1.64. The van der Waals surface area contributed by atoms with E-state index < -0.39 is 29.1 Å². The van der Waals surface area contributed by atoms with Gasteiger partial charge in [-0.25, -0.2) is 4.98 Å². The molecule has 0 aliphatic rings. The minimum atomic E-state index is -4.64. The molecule has 0 saturated carbocycles. The number of fused-ring (bicyclic) bond motifs is 3. The Labute approximate surface area is 193 Å². The number of rotatable bonds is 5. The molecule has 0 fully saturated rings. The molecule has 0 aliphatic carbocycles. The summed E-state index contributed by atoms with van der Waals surface area (Å²) in [5, 5.41) is 12.5. The summed E-state index contributed by atoms with van der Waals surface area (Å²) in [4.78, 5) is 28.5. The van der Waals surface area contributed by atoms with E-state index in [1.807, 2.05) is 0 Å². The van der Waals surface area contributed by atoms with Gasteiger partial charge >= 0.3 is 6.18 Å². The molecule has 4 aromatic rings. The van der Waals surface area contributed by atoms with Crippen LogP contribution in [0, 0.1) is 0 Å². The number of H-pyrrole nitrogens is 1. The van der Waals surface area contributed by atoms with Crippen molar-refractivity contribution in [2.75, 3.05) is 10.6 Å². The van der Waals surface area contributed by atoms with Crippen molar-refractivity contribution in [3.05, 3.63) is 46.6 Å². The largest absolute Gasteiger partial charge is 0.418 e. The Morgan fingerprint density at radius 1 is 1.21 bits per heavy atom. The third kappa shape index (κ3) is 4.31. The first-order valence-corrected chi connectivity index (χ1v) is 10.6. The van der Waals surface area contributed by atoms with Crippen LogP contribution in [0.15, 0.2) is 30.5 Å². The number of alkyl halides is 3. The van der Waals surface area contributed by atoms with Crippen LogP contribution >= 0.6 is 22.9 Å². The molecule has 0 bridgehead atoms. The molecule has 0 atom stereocenters. The first kappa shape index (κ1) is 22.8. The van der Waals surface area contributed by atoms with Gasteiger partial charge in [0, 0.05) is 11.1 Å². The van der Waals surface area contributed by atoms with E-state index in [0.717, 1.165) is 17.4 Å². The third-order valence-electron chi connectivity index (χ3n) is 4.87. The molecule has 2 aromatic heterocycles. The minimum absolute atomic E-state index is 0.00185. The molecule has 13 heteroatoms. The van der Waals surface area contributed by atoms with Gasteiger partial charge in [0.25, 0.3) is 5.91 Å². The van der Waals surface area contributed by atoms with E-state index in [4.69, 9.17) is 17.3 Å². The van der Waals surface area contributed by atoms with Crippen LogP contribution < -0.4 is 16.4 Å². The Morgan fingerprint density at radius 2 is 1.94 bits per heavy atom. The van der Waals surface area contributed by atoms with E-state index in [-0.39, 0.29) is 31.5 Å². The lowest BCUT2D eigenvalue weighted by atomic mass is 10.0. The molecule has 0 spiro atoms. The van der Waals surface area contributed by atoms with E-state index >= 15 is 0 Å². The quantitative estimate of drug-likeness (QED) is 0.316. The molecule has 2 aromatic carbocycles. The highest BCUT2D eigenvalue weighted by atomic mass is 35.5. The fraction of sp³-hybridized carbons (Fsp3) is 0.200. The Hall–Kier alpha value is -3.38. The van der Waals surface area contributed by atoms with E-state index in [2.05, 4.69) is 25.8 Å². The third-order valence-corrected chi connectivity index (χ3v) is 6.20. The molecular weight excluding hydrogens is 481 g/mol. The summed E-state index contributed by atoms with van der Waals surface area (Å²) in [6.07, 6.45) is -3.23. The standard InChI is InChI=1S/C20H16ClF3N6O2S/c1-19(2,29-8-3-4-12(21)9(5-8)16(25)31)17(32)28-18-27-14-11(20(22,23)24)6-13-10(7-26-30-13)15(14)33-18/h3-7,29H,1-2H3,(H2,25,31)(H,26,30)(H,27,28,32). The van der Waals surface area contributed by atoms with Crippen LogP contribution in [0.2, 0.25) is 5.02 Å². The zero-order valence-corrected chi connectivity index (χ0v) is 18.7. The molecule has 0 radical (unpaired) electrons. The van der Waals surface area contributed by atoms with Gasteiger partial charge in [0.05, 0.1) is 38.1 Å². The Kier molecular flexibility index (Phi) is 5.45. The van der Waals surface area contributed by atoms with Crippen LogP contribution in [0.25, 0.3) is 21.1 Å². The summed E-state index contributed by atoms with van der Waals surface area (Å²) < 4.78 is 40.9. The number of hydrogen-bond donors (Lipinski definition) is 4. The van der Waals surface area contributed by atoms with Crippen LogP contribution in [0.5, 0.6) is 0 Å². The number of aromatic nitrogens is 3. The number of nitrogens with two attached hydrogens (primary N) is 1. The van der Waals surface area contributed by atoms with Crippen molar-refractivity contribution in [3.8, 4) is 0 Å². The van der Waals surface area contributed by atoms with Crippen molar-refractivity contribution in [2.45, 2.75) is 25.6 Å². The maximum absolute atomic E-state index is 13.6. The van der Waals surface area contributed by atoms with Crippen LogP contribution in [0.4, 0.5) is 24.0 Å². The summed E-state index contributed by atoms with van der Waals surface area (Å²) in [5.74, 6) is -1.29. The number of amides is 2. The van der Waals surface area contributed by atoms with Gasteiger partial charge in [-0.15, -0.1) is 0 Å². The topological polar surface area (TPSA) is 126 Å². The van der Waals surface area contributed by atoms with Gasteiger partial charge in [-0.3, -0.25) is 20.0 Å². The molecule has 2 amide bonds. The van der Waals surface area contributed by atoms with Crippen LogP contribution in [0.3, 0.4) is 0 Å². The van der Waals surface area contributed by atoms with Crippen molar-refractivity contribution < 1.29 is 22.8 Å². The fourth-order valence-electron chi connectivity index (χ4n) is 3.22. The second kappa shape index (κ2) is 7.89. The van der Waals surface area contributed by atoms with Gasteiger partial charge in [-0.2, -0.15) is 18.3 Å². The maximum atomic E-state index is 13.6. The summed E-state index contributed by atoms with van der Waals surface area (Å²) in [5.41, 5.74) is 3.55. The number of aromatic amines is 1. The monoisotopic (exact) mass is 496 g/mol. The lowest BCUT2D eigenvalue weighted by Gasteiger charge is -2.26. The highest BCUT2D eigenvalue weighted by Crippen LogP contribution is 2.41. The van der Waals surface area contributed by atoms with Gasteiger partial charge in [0.15, 0.2) is 5.13 Å². The predicted octanol–water partition coefficient (Wildman–Crippen LogP) is 4.77. The molecule has 2 heterocycles. The zero-order valence-electron chi connectivity index (χ0n) is 17.1. The van der Waals surface area contributed by atoms with E-state index in [0.29, 0.717) is 11.1 Å². The molecule has 0 aliphatic heterocycles. The number of carbonyl (C=O) groups is 2. The number of nitrogens with one attached hydrogen (secondary N) is 3. The molecular formula is C20H16ClF3N6O2S. The molecule has 0 unspecified atom stereocenters. The fourth-order valence-corrected chi connectivity index (χ4v) is 4.43. The average molecular weight is 497 g/mol. The SMILES string of the molecule is CC(C)(Nc1ccc(Cl)c(C(N)=O)c1)C(=O)Nc1nc2c(C(F)(F)F)cc3[nH]ncc3c2s1. The highest BCUT2D eigenvalue weighted by Gasteiger charge is 2.36. The Bertz CT molecular complexity index is 1410. The number of hydrogen-bond acceptors (Lipinski definition) is 6. The number of anilines is 2. The zero-order chi connectivity index (χ0) is 24.1. The number of nitrogens with zero attached hydrogens (tertiary/aromatic N) is 2. The van der Waals surface area contributed by atoms with Gasteiger partial charge in [-0.05, 0) is 38.1 Å². The highest BCUT2D eigenvalue weighted by molar-refractivity contribution is 7.23. The number of carbonyl (C=O) groups excluding carboxylic acids is 2. The number of primary amides is 1. The van der Waals surface area contributed by atoms with Crippen LogP contribution in [0.1, 0.15) is 29.8 Å². The van der Waals surface area contributed by atoms with E-state index in [1.54, 1.807) is 19.9 Å². The van der Waals surface area contributed by atoms with Crippen molar-refractivity contribution >= 4 is 66.7 Å². The summed E-state index contributed by atoms with van der Waals surface area (Å²) in [6, 6.07) is 5.37. The summed E-state index contributed by atoms with van der Waals surface area (Å²) >= 11 is 6.86. The first-order valence-electron chi connectivity index (χ1n) is 9.39. The maximum Gasteiger partial charge on any atom is 0.418 e. The molecule has 172 valence electrons.